The molecule has 0 saturated heterocycles. The minimum atomic E-state index is -1.15. The molecule has 1 aromatic carbocycles. The van der Waals surface area contributed by atoms with Gasteiger partial charge in [0.05, 0.1) is 4.92 Å². The summed E-state index contributed by atoms with van der Waals surface area (Å²) in [6.07, 6.45) is 3.79. The van der Waals surface area contributed by atoms with E-state index in [-0.39, 0.29) is 17.6 Å². The van der Waals surface area contributed by atoms with Gasteiger partial charge in [0.15, 0.2) is 0 Å². The Kier molecular flexibility index (Phi) is 4.72. The lowest BCUT2D eigenvalue weighted by Gasteiger charge is -2.38. The summed E-state index contributed by atoms with van der Waals surface area (Å²) in [4.78, 5) is 11.9. The van der Waals surface area contributed by atoms with E-state index in [1.54, 1.807) is 11.9 Å². The number of hydrogen-bond donors (Lipinski definition) is 1. The molecule has 0 radical (unpaired) electrons. The zero-order chi connectivity index (χ0) is 15.6. The van der Waals surface area contributed by atoms with Crippen molar-refractivity contribution in [2.45, 2.75) is 31.7 Å². The lowest BCUT2D eigenvalue weighted by molar-refractivity contribution is -0.386. The average molecular weight is 299 g/mol. The van der Waals surface area contributed by atoms with E-state index in [4.69, 9.17) is 5.73 Å². The first-order valence-electron chi connectivity index (χ1n) is 7.02. The van der Waals surface area contributed by atoms with Gasteiger partial charge in [0.25, 0.3) is 0 Å². The Hall–Kier alpha value is -1.76. The lowest BCUT2D eigenvalue weighted by Crippen LogP contribution is -2.43. The van der Waals surface area contributed by atoms with Crippen molar-refractivity contribution in [3.05, 3.63) is 33.9 Å². The highest BCUT2D eigenvalue weighted by molar-refractivity contribution is 5.64. The number of nitrogens with two attached hydrogens (primary N) is 1. The first kappa shape index (κ1) is 15.6. The highest BCUT2D eigenvalue weighted by Crippen LogP contribution is 2.36. The zero-order valence-electron chi connectivity index (χ0n) is 11.9. The number of nitro groups is 1. The third-order valence-corrected chi connectivity index (χ3v) is 4.24. The second-order valence-corrected chi connectivity index (χ2v) is 5.47. The molecule has 0 amide bonds. The van der Waals surface area contributed by atoms with E-state index in [0.29, 0.717) is 12.6 Å². The van der Waals surface area contributed by atoms with E-state index in [9.17, 15) is 18.9 Å². The molecular weight excluding hydrogens is 280 g/mol. The molecule has 116 valence electrons. The Labute approximate surface area is 121 Å². The molecule has 5 nitrogen and oxygen atoms in total. The molecule has 2 N–H and O–H groups in total. The summed E-state index contributed by atoms with van der Waals surface area (Å²) < 4.78 is 27.2. The minimum Gasteiger partial charge on any atom is -0.366 e. The molecule has 2 rings (SSSR count). The molecule has 0 spiro atoms. The smallest absolute Gasteiger partial charge is 0.328 e. The van der Waals surface area contributed by atoms with Crippen LogP contribution in [0.4, 0.5) is 20.2 Å². The van der Waals surface area contributed by atoms with E-state index in [2.05, 4.69) is 0 Å². The summed E-state index contributed by atoms with van der Waals surface area (Å²) in [5.41, 5.74) is 5.05. The lowest BCUT2D eigenvalue weighted by atomic mass is 9.83. The highest BCUT2D eigenvalue weighted by Gasteiger charge is 2.32. The van der Waals surface area contributed by atoms with Crippen LogP contribution in [0.2, 0.25) is 0 Å². The summed E-state index contributed by atoms with van der Waals surface area (Å²) >= 11 is 0. The molecular formula is C14H19F2N3O2. The molecule has 1 saturated carbocycles. The number of nitrogens with zero attached hydrogens (tertiary/aromatic N) is 2. The van der Waals surface area contributed by atoms with Crippen molar-refractivity contribution >= 4 is 11.4 Å². The third-order valence-electron chi connectivity index (χ3n) is 4.24. The summed E-state index contributed by atoms with van der Waals surface area (Å²) in [7, 11) is 1.64. The molecule has 2 atom stereocenters. The summed E-state index contributed by atoms with van der Waals surface area (Å²) in [6, 6.07) is 1.52. The topological polar surface area (TPSA) is 72.4 Å². The quantitative estimate of drug-likeness (QED) is 0.685. The van der Waals surface area contributed by atoms with E-state index < -0.39 is 22.2 Å². The van der Waals surface area contributed by atoms with Crippen molar-refractivity contribution in [1.29, 1.82) is 0 Å². The van der Waals surface area contributed by atoms with Gasteiger partial charge in [0.2, 0.25) is 5.82 Å². The first-order chi connectivity index (χ1) is 9.95. The number of nitro benzene ring substituents is 1. The van der Waals surface area contributed by atoms with Crippen molar-refractivity contribution in [2.24, 2.45) is 11.7 Å². The van der Waals surface area contributed by atoms with Gasteiger partial charge in [0.1, 0.15) is 11.5 Å². The number of benzene rings is 1. The maximum Gasteiger partial charge on any atom is 0.328 e. The van der Waals surface area contributed by atoms with E-state index in [0.717, 1.165) is 31.7 Å². The van der Waals surface area contributed by atoms with Gasteiger partial charge in [-0.2, -0.15) is 4.39 Å². The van der Waals surface area contributed by atoms with Gasteiger partial charge in [0, 0.05) is 25.2 Å². The normalized spacial score (nSPS) is 22.1. The molecule has 0 bridgehead atoms. The molecule has 21 heavy (non-hydrogen) atoms. The van der Waals surface area contributed by atoms with Crippen LogP contribution < -0.4 is 10.6 Å². The van der Waals surface area contributed by atoms with E-state index >= 15 is 0 Å². The van der Waals surface area contributed by atoms with Crippen molar-refractivity contribution < 1.29 is 13.7 Å². The van der Waals surface area contributed by atoms with Crippen LogP contribution in [-0.4, -0.2) is 24.6 Å². The Morgan fingerprint density at radius 2 is 2.05 bits per heavy atom. The Morgan fingerprint density at radius 1 is 1.38 bits per heavy atom. The van der Waals surface area contributed by atoms with Crippen LogP contribution in [0.15, 0.2) is 12.1 Å². The SMILES string of the molecule is CN(c1cc(F)cc(F)c1[N+](=O)[O-])C1CCCCC1CN. The molecule has 1 aliphatic carbocycles. The van der Waals surface area contributed by atoms with Gasteiger partial charge >= 0.3 is 5.69 Å². The second kappa shape index (κ2) is 6.34. The minimum absolute atomic E-state index is 0.0251. The summed E-state index contributed by atoms with van der Waals surface area (Å²) in [5.74, 6) is -1.79. The summed E-state index contributed by atoms with van der Waals surface area (Å²) in [6.45, 7) is 0.459. The monoisotopic (exact) mass is 299 g/mol. The fraction of sp³-hybridized carbons (Fsp3) is 0.571. The predicted molar refractivity (Wildman–Crippen MR) is 76.2 cm³/mol. The second-order valence-electron chi connectivity index (χ2n) is 5.47. The van der Waals surface area contributed by atoms with Gasteiger partial charge in [-0.25, -0.2) is 4.39 Å². The van der Waals surface area contributed by atoms with Crippen molar-refractivity contribution in [3.63, 3.8) is 0 Å². The van der Waals surface area contributed by atoms with Crippen LogP contribution in [0.25, 0.3) is 0 Å². The van der Waals surface area contributed by atoms with Crippen molar-refractivity contribution in [1.82, 2.24) is 0 Å². The maximum absolute atomic E-state index is 13.7. The van der Waals surface area contributed by atoms with E-state index in [1.807, 2.05) is 0 Å². The molecule has 0 heterocycles. The Balaban J connectivity index is 2.42. The van der Waals surface area contributed by atoms with Crippen LogP contribution >= 0.6 is 0 Å². The molecule has 1 aromatic rings. The van der Waals surface area contributed by atoms with Gasteiger partial charge in [-0.15, -0.1) is 0 Å². The average Bonchev–Trinajstić information content (AvgIpc) is 2.45. The first-order valence-corrected chi connectivity index (χ1v) is 7.02. The molecule has 7 heteroatoms. The molecule has 0 aromatic heterocycles. The Bertz CT molecular complexity index is 539. The highest BCUT2D eigenvalue weighted by atomic mass is 19.1. The van der Waals surface area contributed by atoms with Crippen molar-refractivity contribution in [2.75, 3.05) is 18.5 Å². The number of halogens is 2. The maximum atomic E-state index is 13.7. The van der Waals surface area contributed by atoms with E-state index in [1.165, 1.54) is 0 Å². The van der Waals surface area contributed by atoms with Crippen LogP contribution in [-0.2, 0) is 0 Å². The van der Waals surface area contributed by atoms with Crippen LogP contribution in [0.3, 0.4) is 0 Å². The van der Waals surface area contributed by atoms with Crippen LogP contribution in [0.1, 0.15) is 25.7 Å². The summed E-state index contributed by atoms with van der Waals surface area (Å²) in [5, 5.41) is 11.1. The standard InChI is InChI=1S/C14H19F2N3O2/c1-18(12-5-3-2-4-9(12)8-17)13-7-10(15)6-11(16)14(13)19(20)21/h6-7,9,12H,2-5,8,17H2,1H3. The largest absolute Gasteiger partial charge is 0.366 e. The predicted octanol–water partition coefficient (Wildman–Crippen LogP) is 2.83. The molecule has 2 unspecified atom stereocenters. The van der Waals surface area contributed by atoms with Crippen LogP contribution in [0, 0.1) is 27.7 Å². The fourth-order valence-corrected chi connectivity index (χ4v) is 3.15. The molecule has 0 aliphatic heterocycles. The number of rotatable bonds is 4. The molecule has 1 aliphatic rings. The number of hydrogen-bond acceptors (Lipinski definition) is 4. The van der Waals surface area contributed by atoms with Gasteiger partial charge in [-0.05, 0) is 25.3 Å². The van der Waals surface area contributed by atoms with Crippen LogP contribution in [0.5, 0.6) is 0 Å². The van der Waals surface area contributed by atoms with Gasteiger partial charge in [-0.3, -0.25) is 10.1 Å². The number of anilines is 1. The fourth-order valence-electron chi connectivity index (χ4n) is 3.15. The Morgan fingerprint density at radius 3 is 2.67 bits per heavy atom. The zero-order valence-corrected chi connectivity index (χ0v) is 11.9. The van der Waals surface area contributed by atoms with Crippen molar-refractivity contribution in [3.8, 4) is 0 Å². The van der Waals surface area contributed by atoms with Gasteiger partial charge in [-0.1, -0.05) is 12.8 Å². The third kappa shape index (κ3) is 3.12. The molecule has 1 fully saturated rings. The van der Waals surface area contributed by atoms with Gasteiger partial charge < -0.3 is 10.6 Å².